The molecule has 0 aliphatic rings. The van der Waals surface area contributed by atoms with Crippen molar-refractivity contribution in [1.82, 2.24) is 4.90 Å². The van der Waals surface area contributed by atoms with Crippen molar-refractivity contribution >= 4 is 17.5 Å². The van der Waals surface area contributed by atoms with E-state index in [1.54, 1.807) is 24.1 Å². The average Bonchev–Trinajstić information content (AvgIpc) is 2.54. The third-order valence-electron chi connectivity index (χ3n) is 3.73. The lowest BCUT2D eigenvalue weighted by molar-refractivity contribution is -0.117. The molecule has 0 bridgehead atoms. The minimum atomic E-state index is -0.115. The normalized spacial score (nSPS) is 11.0. The van der Waals surface area contributed by atoms with Gasteiger partial charge in [0, 0.05) is 20.0 Å². The maximum absolute atomic E-state index is 12.8. The molecule has 0 saturated heterocycles. The van der Waals surface area contributed by atoms with Gasteiger partial charge in [0.25, 0.3) is 5.91 Å². The maximum Gasteiger partial charge on any atom is 0.256 e. The molecule has 4 nitrogen and oxygen atoms in total. The molecule has 0 unspecified atom stereocenters. The largest absolute Gasteiger partial charge is 0.337 e. The Kier molecular flexibility index (Phi) is 5.97. The van der Waals surface area contributed by atoms with E-state index < -0.39 is 0 Å². The first-order valence-corrected chi connectivity index (χ1v) is 8.44. The SMILES string of the molecule is CN(Cc1ccccc1)C(=O)c1ccccc1NC(=O)CC(C)(C)C. The highest BCUT2D eigenvalue weighted by atomic mass is 16.2. The Bertz CT molecular complexity index is 733. The van der Waals surface area contributed by atoms with E-state index in [0.29, 0.717) is 24.2 Å². The molecule has 0 atom stereocenters. The van der Waals surface area contributed by atoms with Crippen LogP contribution in [0.15, 0.2) is 54.6 Å². The van der Waals surface area contributed by atoms with E-state index in [9.17, 15) is 9.59 Å². The zero-order valence-corrected chi connectivity index (χ0v) is 15.4. The Balaban J connectivity index is 2.13. The standard InChI is InChI=1S/C21H26N2O2/c1-21(2,3)14-19(24)22-18-13-9-8-12-17(18)20(25)23(4)15-16-10-6-5-7-11-16/h5-13H,14-15H2,1-4H3,(H,22,24). The van der Waals surface area contributed by atoms with Gasteiger partial charge in [-0.15, -0.1) is 0 Å². The molecule has 0 spiro atoms. The molecule has 2 aromatic carbocycles. The van der Waals surface area contributed by atoms with E-state index >= 15 is 0 Å². The van der Waals surface area contributed by atoms with Gasteiger partial charge in [0.1, 0.15) is 0 Å². The summed E-state index contributed by atoms with van der Waals surface area (Å²) in [5, 5.41) is 2.88. The Morgan fingerprint density at radius 3 is 2.20 bits per heavy atom. The molecule has 0 fully saturated rings. The number of nitrogens with zero attached hydrogens (tertiary/aromatic N) is 1. The van der Waals surface area contributed by atoms with Crippen molar-refractivity contribution in [3.63, 3.8) is 0 Å². The third kappa shape index (κ3) is 5.75. The number of carbonyl (C=O) groups excluding carboxylic acids is 2. The minimum absolute atomic E-state index is 0.0848. The molecule has 0 aromatic heterocycles. The molecular formula is C21H26N2O2. The van der Waals surface area contributed by atoms with Gasteiger partial charge in [-0.2, -0.15) is 0 Å². The zero-order chi connectivity index (χ0) is 18.4. The highest BCUT2D eigenvalue weighted by Crippen LogP contribution is 2.22. The van der Waals surface area contributed by atoms with Gasteiger partial charge in [-0.25, -0.2) is 0 Å². The maximum atomic E-state index is 12.8. The molecule has 2 rings (SSSR count). The number of carbonyl (C=O) groups is 2. The Hall–Kier alpha value is -2.62. The molecule has 2 aromatic rings. The summed E-state index contributed by atoms with van der Waals surface area (Å²) >= 11 is 0. The first kappa shape index (κ1) is 18.7. The lowest BCUT2D eigenvalue weighted by atomic mass is 9.92. The number of nitrogens with one attached hydrogen (secondary N) is 1. The van der Waals surface area contributed by atoms with Gasteiger partial charge in [-0.3, -0.25) is 9.59 Å². The van der Waals surface area contributed by atoms with Crippen molar-refractivity contribution in [2.24, 2.45) is 5.41 Å². The summed E-state index contributed by atoms with van der Waals surface area (Å²) in [5.41, 5.74) is 2.02. The Morgan fingerprint density at radius 2 is 1.56 bits per heavy atom. The number of amides is 2. The van der Waals surface area contributed by atoms with Crippen LogP contribution in [0.25, 0.3) is 0 Å². The van der Waals surface area contributed by atoms with E-state index in [1.807, 2.05) is 63.2 Å². The number of anilines is 1. The summed E-state index contributed by atoms with van der Waals surface area (Å²) in [6.45, 7) is 6.55. The van der Waals surface area contributed by atoms with Gasteiger partial charge in [-0.1, -0.05) is 63.2 Å². The van der Waals surface area contributed by atoms with Gasteiger partial charge >= 0.3 is 0 Å². The summed E-state index contributed by atoms with van der Waals surface area (Å²) in [7, 11) is 1.77. The molecule has 2 amide bonds. The molecule has 0 heterocycles. The van der Waals surface area contributed by atoms with Gasteiger partial charge in [0.15, 0.2) is 0 Å². The van der Waals surface area contributed by atoms with E-state index in [4.69, 9.17) is 0 Å². The van der Waals surface area contributed by atoms with Gasteiger partial charge in [0.05, 0.1) is 11.3 Å². The van der Waals surface area contributed by atoms with Gasteiger partial charge in [-0.05, 0) is 23.1 Å². The van der Waals surface area contributed by atoms with Crippen molar-refractivity contribution in [3.8, 4) is 0 Å². The van der Waals surface area contributed by atoms with Crippen LogP contribution >= 0.6 is 0 Å². The Morgan fingerprint density at radius 1 is 0.960 bits per heavy atom. The van der Waals surface area contributed by atoms with Crippen LogP contribution in [0.5, 0.6) is 0 Å². The van der Waals surface area contributed by atoms with Crippen molar-refractivity contribution in [2.75, 3.05) is 12.4 Å². The quantitative estimate of drug-likeness (QED) is 0.882. The Labute approximate surface area is 149 Å². The molecule has 0 radical (unpaired) electrons. The highest BCUT2D eigenvalue weighted by Gasteiger charge is 2.20. The number of hydrogen-bond donors (Lipinski definition) is 1. The van der Waals surface area contributed by atoms with Crippen molar-refractivity contribution in [3.05, 3.63) is 65.7 Å². The summed E-state index contributed by atoms with van der Waals surface area (Å²) in [5.74, 6) is -0.200. The molecule has 4 heteroatoms. The van der Waals surface area contributed by atoms with Crippen LogP contribution in [-0.4, -0.2) is 23.8 Å². The minimum Gasteiger partial charge on any atom is -0.337 e. The van der Waals surface area contributed by atoms with Crippen LogP contribution in [0.4, 0.5) is 5.69 Å². The van der Waals surface area contributed by atoms with Crippen LogP contribution in [0, 0.1) is 5.41 Å². The molecule has 0 saturated carbocycles. The number of rotatable bonds is 5. The van der Waals surface area contributed by atoms with Crippen LogP contribution < -0.4 is 5.32 Å². The van der Waals surface area contributed by atoms with E-state index in [-0.39, 0.29) is 17.2 Å². The second-order valence-electron chi connectivity index (χ2n) is 7.48. The summed E-state index contributed by atoms with van der Waals surface area (Å²) in [4.78, 5) is 26.7. The molecule has 1 N–H and O–H groups in total. The van der Waals surface area contributed by atoms with Crippen LogP contribution in [0.2, 0.25) is 0 Å². The molecule has 0 aliphatic carbocycles. The first-order valence-electron chi connectivity index (χ1n) is 8.44. The fraction of sp³-hybridized carbons (Fsp3) is 0.333. The number of para-hydroxylation sites is 1. The zero-order valence-electron chi connectivity index (χ0n) is 15.4. The predicted octanol–water partition coefficient (Wildman–Crippen LogP) is 4.33. The highest BCUT2D eigenvalue weighted by molar-refractivity contribution is 6.03. The second-order valence-corrected chi connectivity index (χ2v) is 7.48. The summed E-state index contributed by atoms with van der Waals surface area (Å²) < 4.78 is 0. The van der Waals surface area contributed by atoms with Gasteiger partial charge in [0.2, 0.25) is 5.91 Å². The molecule has 132 valence electrons. The first-order chi connectivity index (χ1) is 11.8. The monoisotopic (exact) mass is 338 g/mol. The van der Waals surface area contributed by atoms with Crippen LogP contribution in [-0.2, 0) is 11.3 Å². The summed E-state index contributed by atoms with van der Waals surface area (Å²) in [6, 6.07) is 17.0. The van der Waals surface area contributed by atoms with Crippen LogP contribution in [0.3, 0.4) is 0 Å². The van der Waals surface area contributed by atoms with Gasteiger partial charge < -0.3 is 10.2 Å². The lowest BCUT2D eigenvalue weighted by Gasteiger charge is -2.21. The molecule has 0 aliphatic heterocycles. The fourth-order valence-corrected chi connectivity index (χ4v) is 2.59. The number of benzene rings is 2. The third-order valence-corrected chi connectivity index (χ3v) is 3.73. The van der Waals surface area contributed by atoms with E-state index in [1.165, 1.54) is 0 Å². The van der Waals surface area contributed by atoms with Crippen molar-refractivity contribution in [1.29, 1.82) is 0 Å². The smallest absolute Gasteiger partial charge is 0.256 e. The molecular weight excluding hydrogens is 312 g/mol. The fourth-order valence-electron chi connectivity index (χ4n) is 2.59. The van der Waals surface area contributed by atoms with E-state index in [2.05, 4.69) is 5.32 Å². The second kappa shape index (κ2) is 7.97. The summed E-state index contributed by atoms with van der Waals surface area (Å²) in [6.07, 6.45) is 0.398. The average molecular weight is 338 g/mol. The van der Waals surface area contributed by atoms with E-state index in [0.717, 1.165) is 5.56 Å². The number of hydrogen-bond acceptors (Lipinski definition) is 2. The van der Waals surface area contributed by atoms with Crippen molar-refractivity contribution < 1.29 is 9.59 Å². The topological polar surface area (TPSA) is 49.4 Å². The van der Waals surface area contributed by atoms with Crippen LogP contribution in [0.1, 0.15) is 43.1 Å². The lowest BCUT2D eigenvalue weighted by Crippen LogP contribution is -2.28. The van der Waals surface area contributed by atoms with Crippen molar-refractivity contribution in [2.45, 2.75) is 33.7 Å². The molecule has 25 heavy (non-hydrogen) atoms. The predicted molar refractivity (Wildman–Crippen MR) is 101 cm³/mol.